The summed E-state index contributed by atoms with van der Waals surface area (Å²) in [7, 11) is 1.90. The fourth-order valence-corrected chi connectivity index (χ4v) is 6.69. The molecular weight excluding hydrogens is 486 g/mol. The van der Waals surface area contributed by atoms with Crippen LogP contribution in [-0.4, -0.2) is 52.2 Å². The van der Waals surface area contributed by atoms with E-state index in [4.69, 9.17) is 19.1 Å². The zero-order chi connectivity index (χ0) is 25.9. The van der Waals surface area contributed by atoms with Crippen molar-refractivity contribution >= 4 is 32.8 Å². The second-order valence-electron chi connectivity index (χ2n) is 10.5. The Kier molecular flexibility index (Phi) is 5.85. The molecule has 0 radical (unpaired) electrons. The first-order chi connectivity index (χ1) is 17.8. The van der Waals surface area contributed by atoms with Crippen LogP contribution in [0.15, 0.2) is 30.6 Å². The van der Waals surface area contributed by atoms with Gasteiger partial charge in [-0.25, -0.2) is 4.68 Å². The maximum atomic E-state index is 11.2. The Labute approximate surface area is 219 Å². The molecule has 6 rings (SSSR count). The van der Waals surface area contributed by atoms with E-state index in [1.807, 2.05) is 32.4 Å². The van der Waals surface area contributed by atoms with Crippen LogP contribution >= 0.6 is 11.5 Å². The van der Waals surface area contributed by atoms with Gasteiger partial charge in [-0.05, 0) is 75.7 Å². The number of pyridine rings is 2. The number of fused-ring (bicyclic) bond motifs is 3. The predicted octanol–water partition coefficient (Wildman–Crippen LogP) is 4.70. The minimum absolute atomic E-state index is 0.0644. The highest BCUT2D eigenvalue weighted by atomic mass is 32.1. The average molecular weight is 518 g/mol. The zero-order valence-corrected chi connectivity index (χ0v) is 22.6. The van der Waals surface area contributed by atoms with E-state index in [0.29, 0.717) is 11.6 Å². The molecule has 0 aliphatic carbocycles. The molecule has 1 N–H and O–H groups in total. The van der Waals surface area contributed by atoms with E-state index in [2.05, 4.69) is 33.9 Å². The van der Waals surface area contributed by atoms with Crippen molar-refractivity contribution in [2.75, 3.05) is 13.2 Å². The molecule has 5 aromatic rings. The summed E-state index contributed by atoms with van der Waals surface area (Å²) < 4.78 is 15.6. The topological polar surface area (TPSA) is 104 Å². The van der Waals surface area contributed by atoms with Crippen LogP contribution in [0.1, 0.15) is 55.4 Å². The maximum Gasteiger partial charge on any atom is 0.110 e. The third-order valence-corrected chi connectivity index (χ3v) is 8.26. The van der Waals surface area contributed by atoms with Gasteiger partial charge in [-0.2, -0.15) is 4.37 Å². The Bertz CT molecular complexity index is 1590. The molecule has 10 heteroatoms. The van der Waals surface area contributed by atoms with Gasteiger partial charge in [0.25, 0.3) is 0 Å². The zero-order valence-electron chi connectivity index (χ0n) is 21.8. The molecule has 192 valence electrons. The highest BCUT2D eigenvalue weighted by Gasteiger charge is 2.36. The van der Waals surface area contributed by atoms with Gasteiger partial charge in [0.2, 0.25) is 0 Å². The Hall–Kier alpha value is -3.21. The van der Waals surface area contributed by atoms with Gasteiger partial charge < -0.3 is 14.4 Å². The summed E-state index contributed by atoms with van der Waals surface area (Å²) in [5.74, 6) is 0.305. The van der Waals surface area contributed by atoms with E-state index < -0.39 is 5.60 Å². The monoisotopic (exact) mass is 517 g/mol. The van der Waals surface area contributed by atoms with E-state index in [-0.39, 0.29) is 6.04 Å². The molecule has 0 aromatic carbocycles. The summed E-state index contributed by atoms with van der Waals surface area (Å²) in [5, 5.41) is 19.6. The second kappa shape index (κ2) is 8.97. The summed E-state index contributed by atoms with van der Waals surface area (Å²) >= 11 is 1.40. The summed E-state index contributed by atoms with van der Waals surface area (Å²) in [6.07, 6.45) is 5.61. The van der Waals surface area contributed by atoms with Crippen molar-refractivity contribution in [3.05, 3.63) is 53.2 Å². The minimum Gasteiger partial charge on any atom is -0.384 e. The second-order valence-corrected chi connectivity index (χ2v) is 11.3. The Balaban J connectivity index is 1.72. The van der Waals surface area contributed by atoms with E-state index in [1.165, 1.54) is 11.5 Å². The first-order valence-electron chi connectivity index (χ1n) is 12.6. The van der Waals surface area contributed by atoms with Gasteiger partial charge in [0.1, 0.15) is 16.8 Å². The number of hydrogen-bond donors (Lipinski definition) is 1. The molecule has 0 spiro atoms. The van der Waals surface area contributed by atoms with Gasteiger partial charge in [-0.15, -0.1) is 5.10 Å². The van der Waals surface area contributed by atoms with Crippen molar-refractivity contribution in [1.82, 2.24) is 33.9 Å². The molecule has 0 bridgehead atoms. The number of ether oxygens (including phenoxy) is 1. The molecule has 1 fully saturated rings. The Morgan fingerprint density at radius 2 is 1.97 bits per heavy atom. The van der Waals surface area contributed by atoms with Gasteiger partial charge in [-0.1, -0.05) is 11.3 Å². The average Bonchev–Trinajstić information content (AvgIpc) is 3.54. The summed E-state index contributed by atoms with van der Waals surface area (Å²) in [5.41, 5.74) is 7.25. The normalized spacial score (nSPS) is 16.2. The van der Waals surface area contributed by atoms with Crippen molar-refractivity contribution in [2.45, 2.75) is 52.2 Å². The number of aliphatic hydroxyl groups is 1. The van der Waals surface area contributed by atoms with Crippen LogP contribution in [0.25, 0.3) is 32.5 Å². The number of aromatic nitrogens is 7. The van der Waals surface area contributed by atoms with Gasteiger partial charge >= 0.3 is 0 Å². The Morgan fingerprint density at radius 3 is 2.65 bits per heavy atom. The molecule has 1 aliphatic heterocycles. The SMILES string of the molecule is Cc1cccnc1C(C1CCOCC1)n1c2cc(-c3c(C)nnn3C)cnc2c2snc(C(C)(C)O)c21. The molecule has 6 heterocycles. The number of aryl methyl sites for hydroxylation is 3. The fourth-order valence-electron chi connectivity index (χ4n) is 5.67. The summed E-state index contributed by atoms with van der Waals surface area (Å²) in [6.45, 7) is 9.11. The highest BCUT2D eigenvalue weighted by molar-refractivity contribution is 7.14. The molecule has 1 unspecified atom stereocenters. The van der Waals surface area contributed by atoms with E-state index in [1.54, 1.807) is 18.5 Å². The molecule has 1 aliphatic rings. The molecule has 1 atom stereocenters. The smallest absolute Gasteiger partial charge is 0.110 e. The lowest BCUT2D eigenvalue weighted by Crippen LogP contribution is -2.29. The first kappa shape index (κ1) is 24.1. The van der Waals surface area contributed by atoms with Crippen LogP contribution in [0.4, 0.5) is 0 Å². The maximum absolute atomic E-state index is 11.2. The van der Waals surface area contributed by atoms with Crippen LogP contribution in [-0.2, 0) is 17.4 Å². The van der Waals surface area contributed by atoms with Gasteiger partial charge in [0, 0.05) is 38.2 Å². The number of nitrogens with zero attached hydrogens (tertiary/aromatic N) is 7. The standard InChI is InChI=1S/C27H31N7O2S/c1-15-7-6-10-28-20(15)23(17-8-11-36-12-9-17)34-19-13-18(22-16(2)30-32-33(22)5)14-29-21(19)25-24(34)26(31-37-25)27(3,4)35/h6-7,10,13-14,17,23,35H,8-9,11-12H2,1-5H3. The van der Waals surface area contributed by atoms with Crippen molar-refractivity contribution in [3.63, 3.8) is 0 Å². The molecule has 0 amide bonds. The van der Waals surface area contributed by atoms with E-state index >= 15 is 0 Å². The number of rotatable bonds is 5. The van der Waals surface area contributed by atoms with E-state index in [9.17, 15) is 5.11 Å². The highest BCUT2D eigenvalue weighted by Crippen LogP contribution is 2.45. The first-order valence-corrected chi connectivity index (χ1v) is 13.4. The lowest BCUT2D eigenvalue weighted by Gasteiger charge is -2.33. The lowest BCUT2D eigenvalue weighted by molar-refractivity contribution is 0.0542. The number of hydrogen-bond acceptors (Lipinski definition) is 8. The van der Waals surface area contributed by atoms with Crippen LogP contribution < -0.4 is 0 Å². The van der Waals surface area contributed by atoms with Gasteiger partial charge in [0.05, 0.1) is 38.9 Å². The largest absolute Gasteiger partial charge is 0.384 e. The quantitative estimate of drug-likeness (QED) is 0.360. The third-order valence-electron chi connectivity index (χ3n) is 7.42. The van der Waals surface area contributed by atoms with Crippen molar-refractivity contribution in [3.8, 4) is 11.3 Å². The Morgan fingerprint density at radius 1 is 1.19 bits per heavy atom. The van der Waals surface area contributed by atoms with Gasteiger partial charge in [-0.3, -0.25) is 9.97 Å². The predicted molar refractivity (Wildman–Crippen MR) is 144 cm³/mol. The molecule has 1 saturated heterocycles. The lowest BCUT2D eigenvalue weighted by atomic mass is 9.87. The van der Waals surface area contributed by atoms with Gasteiger partial charge in [0.15, 0.2) is 0 Å². The van der Waals surface area contributed by atoms with Crippen LogP contribution in [0, 0.1) is 19.8 Å². The van der Waals surface area contributed by atoms with Crippen molar-refractivity contribution in [1.29, 1.82) is 0 Å². The molecule has 37 heavy (non-hydrogen) atoms. The van der Waals surface area contributed by atoms with Crippen LogP contribution in [0.5, 0.6) is 0 Å². The summed E-state index contributed by atoms with van der Waals surface area (Å²) in [4.78, 5) is 9.88. The third kappa shape index (κ3) is 3.94. The minimum atomic E-state index is -1.12. The van der Waals surface area contributed by atoms with Crippen molar-refractivity contribution < 1.29 is 9.84 Å². The molecular formula is C27H31N7O2S. The fraction of sp³-hybridized carbons (Fsp3) is 0.444. The molecule has 0 saturated carbocycles. The molecule has 5 aromatic heterocycles. The van der Waals surface area contributed by atoms with Crippen molar-refractivity contribution in [2.24, 2.45) is 13.0 Å². The molecule has 9 nitrogen and oxygen atoms in total. The van der Waals surface area contributed by atoms with E-state index in [0.717, 1.165) is 75.5 Å². The van der Waals surface area contributed by atoms with Crippen LogP contribution in [0.2, 0.25) is 0 Å². The summed E-state index contributed by atoms with van der Waals surface area (Å²) in [6, 6.07) is 6.22. The van der Waals surface area contributed by atoms with Crippen LogP contribution in [0.3, 0.4) is 0 Å².